The molecule has 0 atom stereocenters. The maximum atomic E-state index is 10.3. The van der Waals surface area contributed by atoms with Crippen LogP contribution in [0.5, 0.6) is 0 Å². The summed E-state index contributed by atoms with van der Waals surface area (Å²) in [5, 5.41) is 3.10. The average Bonchev–Trinajstić information content (AvgIpc) is 2.09. The highest BCUT2D eigenvalue weighted by Gasteiger charge is 2.09. The first kappa shape index (κ1) is 10.5. The van der Waals surface area contributed by atoms with Crippen molar-refractivity contribution in [2.75, 3.05) is 5.32 Å². The lowest BCUT2D eigenvalue weighted by Crippen LogP contribution is -1.98. The van der Waals surface area contributed by atoms with E-state index in [1.54, 1.807) is 0 Å². The lowest BCUT2D eigenvalue weighted by atomic mass is 10.1. The molecule has 0 aromatic heterocycles. The third kappa shape index (κ3) is 2.03. The molecule has 0 unspecified atom stereocenters. The number of aryl methyl sites for hydroxylation is 1. The van der Waals surface area contributed by atoms with Gasteiger partial charge in [-0.1, -0.05) is 11.6 Å². The number of rotatable bonds is 2. The van der Waals surface area contributed by atoms with E-state index in [0.29, 0.717) is 17.1 Å². The minimum absolute atomic E-state index is 0.544. The lowest BCUT2D eigenvalue weighted by molar-refractivity contribution is -0.105. The predicted octanol–water partition coefficient (Wildman–Crippen LogP) is 3.29. The number of carbonyl (C=O) groups is 1. The molecule has 0 spiro atoms. The third-order valence-corrected chi connectivity index (χ3v) is 3.21. The fourth-order valence-corrected chi connectivity index (χ4v) is 2.09. The molecule has 1 rings (SSSR count). The van der Waals surface area contributed by atoms with Crippen LogP contribution in [0.2, 0.25) is 5.02 Å². The molecule has 1 aromatic carbocycles. The molecule has 0 saturated heterocycles. The Morgan fingerprint density at radius 2 is 2.15 bits per heavy atom. The molecule has 1 aromatic rings. The van der Waals surface area contributed by atoms with Crippen LogP contribution < -0.4 is 5.32 Å². The van der Waals surface area contributed by atoms with Gasteiger partial charge in [-0.05, 0) is 47.0 Å². The summed E-state index contributed by atoms with van der Waals surface area (Å²) >= 11 is 9.31. The first-order valence-electron chi connectivity index (χ1n) is 3.73. The normalized spacial score (nSPS) is 9.85. The highest BCUT2D eigenvalue weighted by molar-refractivity contribution is 9.10. The quantitative estimate of drug-likeness (QED) is 0.814. The summed E-state index contributed by atoms with van der Waals surface area (Å²) < 4.78 is 0.838. The Morgan fingerprint density at radius 1 is 1.54 bits per heavy atom. The fraction of sp³-hybridized carbons (Fsp3) is 0.222. The van der Waals surface area contributed by atoms with E-state index in [4.69, 9.17) is 11.6 Å². The Morgan fingerprint density at radius 3 is 2.69 bits per heavy atom. The van der Waals surface area contributed by atoms with Crippen molar-refractivity contribution in [1.29, 1.82) is 0 Å². The number of halogens is 2. The molecular weight excluding hydrogens is 253 g/mol. The largest absolute Gasteiger partial charge is 0.326 e. The first-order chi connectivity index (χ1) is 6.07. The Kier molecular flexibility index (Phi) is 3.33. The Labute approximate surface area is 90.4 Å². The van der Waals surface area contributed by atoms with Gasteiger partial charge in [0.1, 0.15) is 0 Å². The summed E-state index contributed by atoms with van der Waals surface area (Å²) in [7, 11) is 0. The topological polar surface area (TPSA) is 29.1 Å². The molecule has 1 amide bonds. The molecule has 0 aliphatic carbocycles. The minimum atomic E-state index is 0.544. The monoisotopic (exact) mass is 261 g/mol. The number of anilines is 1. The van der Waals surface area contributed by atoms with Crippen LogP contribution in [0.3, 0.4) is 0 Å². The van der Waals surface area contributed by atoms with Crippen LogP contribution in [-0.4, -0.2) is 6.41 Å². The summed E-state index contributed by atoms with van der Waals surface area (Å²) in [6, 6.07) is 1.83. The molecule has 0 aliphatic rings. The molecule has 4 heteroatoms. The predicted molar refractivity (Wildman–Crippen MR) is 58.3 cm³/mol. The van der Waals surface area contributed by atoms with Gasteiger partial charge in [0.25, 0.3) is 0 Å². The molecule has 13 heavy (non-hydrogen) atoms. The first-order valence-corrected chi connectivity index (χ1v) is 4.90. The van der Waals surface area contributed by atoms with Crippen molar-refractivity contribution in [1.82, 2.24) is 0 Å². The molecule has 0 bridgehead atoms. The van der Waals surface area contributed by atoms with E-state index in [1.807, 2.05) is 19.9 Å². The van der Waals surface area contributed by atoms with Crippen molar-refractivity contribution in [3.8, 4) is 0 Å². The molecule has 0 fully saturated rings. The molecule has 1 N–H and O–H groups in total. The van der Waals surface area contributed by atoms with Gasteiger partial charge in [0, 0.05) is 4.47 Å². The zero-order chi connectivity index (χ0) is 10.0. The fourth-order valence-electron chi connectivity index (χ4n) is 1.03. The van der Waals surface area contributed by atoms with Gasteiger partial charge in [-0.3, -0.25) is 4.79 Å². The second-order valence-electron chi connectivity index (χ2n) is 2.75. The van der Waals surface area contributed by atoms with Gasteiger partial charge in [-0.25, -0.2) is 0 Å². The molecular formula is C9H9BrClNO. The van der Waals surface area contributed by atoms with E-state index >= 15 is 0 Å². The third-order valence-electron chi connectivity index (χ3n) is 1.93. The summed E-state index contributed by atoms with van der Waals surface area (Å²) in [6.07, 6.45) is 0.612. The van der Waals surface area contributed by atoms with Gasteiger partial charge >= 0.3 is 0 Å². The molecule has 0 heterocycles. The van der Waals surface area contributed by atoms with E-state index < -0.39 is 0 Å². The van der Waals surface area contributed by atoms with Crippen molar-refractivity contribution >= 4 is 39.6 Å². The maximum absolute atomic E-state index is 10.3. The number of hydrogen-bond donors (Lipinski definition) is 1. The second-order valence-corrected chi connectivity index (χ2v) is 3.95. The smallest absolute Gasteiger partial charge is 0.211 e. The molecule has 0 radical (unpaired) electrons. The van der Waals surface area contributed by atoms with Crippen LogP contribution in [0, 0.1) is 13.8 Å². The van der Waals surface area contributed by atoms with Crippen molar-refractivity contribution in [2.45, 2.75) is 13.8 Å². The van der Waals surface area contributed by atoms with Crippen LogP contribution in [0.1, 0.15) is 11.1 Å². The molecule has 0 aliphatic heterocycles. The van der Waals surface area contributed by atoms with Crippen molar-refractivity contribution < 1.29 is 4.79 Å². The summed E-state index contributed by atoms with van der Waals surface area (Å²) in [5.41, 5.74) is 2.79. The highest BCUT2D eigenvalue weighted by atomic mass is 79.9. The highest BCUT2D eigenvalue weighted by Crippen LogP contribution is 2.34. The zero-order valence-electron chi connectivity index (χ0n) is 7.32. The summed E-state index contributed by atoms with van der Waals surface area (Å²) in [5.74, 6) is 0. The van der Waals surface area contributed by atoms with Crippen molar-refractivity contribution in [3.63, 3.8) is 0 Å². The van der Waals surface area contributed by atoms with E-state index in [9.17, 15) is 4.79 Å². The number of hydrogen-bond acceptors (Lipinski definition) is 1. The summed E-state index contributed by atoms with van der Waals surface area (Å²) in [6.45, 7) is 3.93. The number of benzene rings is 1. The van der Waals surface area contributed by atoms with Crippen LogP contribution in [0.4, 0.5) is 5.69 Å². The number of amides is 1. The van der Waals surface area contributed by atoms with Gasteiger partial charge < -0.3 is 5.32 Å². The number of nitrogens with one attached hydrogen (secondary N) is 1. The average molecular weight is 263 g/mol. The van der Waals surface area contributed by atoms with Crippen molar-refractivity contribution in [3.05, 3.63) is 26.7 Å². The van der Waals surface area contributed by atoms with Gasteiger partial charge in [-0.15, -0.1) is 0 Å². The standard InChI is InChI=1S/C9H9BrClNO/c1-5-3-7(11)9(12-4-13)8(10)6(5)2/h3-4H,1-2H3,(H,12,13). The minimum Gasteiger partial charge on any atom is -0.326 e. The molecule has 70 valence electrons. The van der Waals surface area contributed by atoms with E-state index in [2.05, 4.69) is 21.2 Å². The molecule has 2 nitrogen and oxygen atoms in total. The SMILES string of the molecule is Cc1cc(Cl)c(NC=O)c(Br)c1C. The second kappa shape index (κ2) is 4.11. The van der Waals surface area contributed by atoms with E-state index in [0.717, 1.165) is 15.6 Å². The lowest BCUT2D eigenvalue weighted by Gasteiger charge is -2.10. The van der Waals surface area contributed by atoms with E-state index in [-0.39, 0.29) is 0 Å². The Balaban J connectivity index is 3.34. The van der Waals surface area contributed by atoms with Crippen LogP contribution in [-0.2, 0) is 4.79 Å². The Bertz CT molecular complexity index is 352. The van der Waals surface area contributed by atoms with Crippen LogP contribution in [0.25, 0.3) is 0 Å². The zero-order valence-corrected chi connectivity index (χ0v) is 9.66. The number of carbonyl (C=O) groups excluding carboxylic acids is 1. The Hall–Kier alpha value is -0.540. The van der Waals surface area contributed by atoms with Gasteiger partial charge in [-0.2, -0.15) is 0 Å². The van der Waals surface area contributed by atoms with Crippen molar-refractivity contribution in [2.24, 2.45) is 0 Å². The van der Waals surface area contributed by atoms with Gasteiger partial charge in [0.05, 0.1) is 10.7 Å². The summed E-state index contributed by atoms with van der Waals surface area (Å²) in [4.78, 5) is 10.3. The maximum Gasteiger partial charge on any atom is 0.211 e. The van der Waals surface area contributed by atoms with Crippen LogP contribution in [0.15, 0.2) is 10.5 Å². The van der Waals surface area contributed by atoms with Gasteiger partial charge in [0.2, 0.25) is 6.41 Å². The molecule has 0 saturated carbocycles. The van der Waals surface area contributed by atoms with Gasteiger partial charge in [0.15, 0.2) is 0 Å². The van der Waals surface area contributed by atoms with Crippen LogP contribution >= 0.6 is 27.5 Å². The van der Waals surface area contributed by atoms with E-state index in [1.165, 1.54) is 0 Å².